The minimum absolute atomic E-state index is 0.00399. The van der Waals surface area contributed by atoms with Crippen LogP contribution in [-0.4, -0.2) is 31.6 Å². The van der Waals surface area contributed by atoms with Gasteiger partial charge in [-0.2, -0.15) is 5.26 Å². The van der Waals surface area contributed by atoms with E-state index in [9.17, 15) is 10.1 Å². The van der Waals surface area contributed by atoms with Gasteiger partial charge in [0.15, 0.2) is 0 Å². The van der Waals surface area contributed by atoms with Gasteiger partial charge in [-0.3, -0.25) is 4.79 Å². The zero-order valence-corrected chi connectivity index (χ0v) is 10.8. The van der Waals surface area contributed by atoms with Crippen LogP contribution < -0.4 is 16.0 Å². The molecule has 0 saturated carbocycles. The third-order valence-corrected chi connectivity index (χ3v) is 3.33. The van der Waals surface area contributed by atoms with Crippen LogP contribution in [0.25, 0.3) is 0 Å². The van der Waals surface area contributed by atoms with Gasteiger partial charge in [0, 0.05) is 13.1 Å². The number of amides is 1. The molecular formula is C14H18N4O. The SMILES string of the molecule is N#Cc1ccccc1N1CCCNC(=O)C1CCN. The highest BCUT2D eigenvalue weighted by atomic mass is 16.2. The van der Waals surface area contributed by atoms with Crippen molar-refractivity contribution in [1.29, 1.82) is 5.26 Å². The molecule has 1 aromatic carbocycles. The molecule has 1 aliphatic heterocycles. The molecule has 2 rings (SSSR count). The minimum atomic E-state index is -0.290. The van der Waals surface area contributed by atoms with Crippen LogP contribution in [0.3, 0.4) is 0 Å². The number of carbonyl (C=O) groups excluding carboxylic acids is 1. The van der Waals surface area contributed by atoms with E-state index in [1.165, 1.54) is 0 Å². The summed E-state index contributed by atoms with van der Waals surface area (Å²) in [6, 6.07) is 9.28. The minimum Gasteiger partial charge on any atom is -0.358 e. The van der Waals surface area contributed by atoms with E-state index >= 15 is 0 Å². The lowest BCUT2D eigenvalue weighted by Crippen LogP contribution is -2.45. The summed E-state index contributed by atoms with van der Waals surface area (Å²) in [7, 11) is 0. The van der Waals surface area contributed by atoms with Crippen LogP contribution >= 0.6 is 0 Å². The molecule has 0 radical (unpaired) electrons. The number of nitrogens with one attached hydrogen (secondary N) is 1. The van der Waals surface area contributed by atoms with E-state index in [0.717, 1.165) is 18.7 Å². The Hall–Kier alpha value is -2.06. The maximum absolute atomic E-state index is 12.1. The Morgan fingerprint density at radius 3 is 3.00 bits per heavy atom. The Kier molecular flexibility index (Phi) is 4.37. The predicted molar refractivity (Wildman–Crippen MR) is 73.6 cm³/mol. The highest BCUT2D eigenvalue weighted by Gasteiger charge is 2.28. The number of hydrogen-bond donors (Lipinski definition) is 2. The summed E-state index contributed by atoms with van der Waals surface area (Å²) in [5, 5.41) is 12.1. The van der Waals surface area contributed by atoms with E-state index in [4.69, 9.17) is 5.73 Å². The first kappa shape index (κ1) is 13.4. The number of nitrogens with zero attached hydrogens (tertiary/aromatic N) is 2. The summed E-state index contributed by atoms with van der Waals surface area (Å²) >= 11 is 0. The van der Waals surface area contributed by atoms with Crippen LogP contribution in [0.1, 0.15) is 18.4 Å². The Labute approximate surface area is 113 Å². The molecule has 0 spiro atoms. The van der Waals surface area contributed by atoms with Gasteiger partial charge in [0.25, 0.3) is 0 Å². The van der Waals surface area contributed by atoms with Crippen molar-refractivity contribution in [3.8, 4) is 6.07 Å². The smallest absolute Gasteiger partial charge is 0.242 e. The van der Waals surface area contributed by atoms with E-state index in [-0.39, 0.29) is 11.9 Å². The maximum atomic E-state index is 12.1. The fraction of sp³-hybridized carbons (Fsp3) is 0.429. The number of rotatable bonds is 3. The molecule has 1 atom stereocenters. The second kappa shape index (κ2) is 6.21. The fourth-order valence-electron chi connectivity index (χ4n) is 2.43. The summed E-state index contributed by atoms with van der Waals surface area (Å²) in [5.41, 5.74) is 7.03. The second-order valence-corrected chi connectivity index (χ2v) is 4.56. The van der Waals surface area contributed by atoms with Crippen LogP contribution in [0, 0.1) is 11.3 Å². The van der Waals surface area contributed by atoms with Gasteiger partial charge >= 0.3 is 0 Å². The maximum Gasteiger partial charge on any atom is 0.242 e. The summed E-state index contributed by atoms with van der Waals surface area (Å²) in [5.74, 6) is -0.00399. The molecule has 0 bridgehead atoms. The highest BCUT2D eigenvalue weighted by molar-refractivity contribution is 5.86. The van der Waals surface area contributed by atoms with Crippen LogP contribution in [0.15, 0.2) is 24.3 Å². The van der Waals surface area contributed by atoms with Gasteiger partial charge in [0.1, 0.15) is 12.1 Å². The molecule has 1 aliphatic rings. The summed E-state index contributed by atoms with van der Waals surface area (Å²) in [6.07, 6.45) is 1.46. The first-order valence-electron chi connectivity index (χ1n) is 6.51. The number of nitriles is 1. The van der Waals surface area contributed by atoms with Crippen LogP contribution in [0.2, 0.25) is 0 Å². The average Bonchev–Trinajstić information content (AvgIpc) is 2.62. The van der Waals surface area contributed by atoms with Crippen molar-refractivity contribution in [1.82, 2.24) is 5.32 Å². The van der Waals surface area contributed by atoms with Gasteiger partial charge < -0.3 is 16.0 Å². The molecule has 3 N–H and O–H groups in total. The van der Waals surface area contributed by atoms with Crippen LogP contribution in [0.5, 0.6) is 0 Å². The van der Waals surface area contributed by atoms with Gasteiger partial charge in [0.2, 0.25) is 5.91 Å². The third-order valence-electron chi connectivity index (χ3n) is 3.33. The van der Waals surface area contributed by atoms with Gasteiger partial charge in [-0.25, -0.2) is 0 Å². The average molecular weight is 258 g/mol. The van der Waals surface area contributed by atoms with E-state index in [1.54, 1.807) is 6.07 Å². The number of anilines is 1. The molecule has 5 nitrogen and oxygen atoms in total. The molecule has 100 valence electrons. The predicted octanol–water partition coefficient (Wildman–Crippen LogP) is 0.602. The van der Waals surface area contributed by atoms with Crippen molar-refractivity contribution in [3.05, 3.63) is 29.8 Å². The van der Waals surface area contributed by atoms with E-state index < -0.39 is 0 Å². The summed E-state index contributed by atoms with van der Waals surface area (Å²) in [4.78, 5) is 14.1. The zero-order chi connectivity index (χ0) is 13.7. The number of benzene rings is 1. The molecule has 1 aromatic rings. The van der Waals surface area contributed by atoms with Crippen molar-refractivity contribution >= 4 is 11.6 Å². The fourth-order valence-corrected chi connectivity index (χ4v) is 2.43. The Bertz CT molecular complexity index is 494. The molecule has 1 amide bonds. The first-order chi connectivity index (χ1) is 9.27. The van der Waals surface area contributed by atoms with Gasteiger partial charge in [-0.05, 0) is 31.5 Å². The molecule has 0 aromatic heterocycles. The molecule has 0 aliphatic carbocycles. The molecular weight excluding hydrogens is 240 g/mol. The topological polar surface area (TPSA) is 82.2 Å². The Morgan fingerprint density at radius 2 is 2.26 bits per heavy atom. The quantitative estimate of drug-likeness (QED) is 0.832. The van der Waals surface area contributed by atoms with Gasteiger partial charge in [-0.1, -0.05) is 12.1 Å². The lowest BCUT2D eigenvalue weighted by molar-refractivity contribution is -0.122. The number of hydrogen-bond acceptors (Lipinski definition) is 4. The Balaban J connectivity index is 2.38. The van der Waals surface area contributed by atoms with E-state index in [1.807, 2.05) is 23.1 Å². The molecule has 5 heteroatoms. The van der Waals surface area contributed by atoms with Gasteiger partial charge in [0.05, 0.1) is 11.3 Å². The van der Waals surface area contributed by atoms with Crippen molar-refractivity contribution in [3.63, 3.8) is 0 Å². The first-order valence-corrected chi connectivity index (χ1v) is 6.51. The van der Waals surface area contributed by atoms with Crippen molar-refractivity contribution < 1.29 is 4.79 Å². The molecule has 1 saturated heterocycles. The normalized spacial score (nSPS) is 19.5. The van der Waals surface area contributed by atoms with Crippen LogP contribution in [-0.2, 0) is 4.79 Å². The lowest BCUT2D eigenvalue weighted by atomic mass is 10.1. The van der Waals surface area contributed by atoms with E-state index in [0.29, 0.717) is 25.1 Å². The Morgan fingerprint density at radius 1 is 1.47 bits per heavy atom. The van der Waals surface area contributed by atoms with E-state index in [2.05, 4.69) is 11.4 Å². The number of nitrogens with two attached hydrogens (primary N) is 1. The summed E-state index contributed by atoms with van der Waals surface area (Å²) in [6.45, 7) is 1.87. The van der Waals surface area contributed by atoms with Crippen LogP contribution in [0.4, 0.5) is 5.69 Å². The van der Waals surface area contributed by atoms with Crippen molar-refractivity contribution in [2.24, 2.45) is 5.73 Å². The number of carbonyl (C=O) groups is 1. The van der Waals surface area contributed by atoms with Crippen molar-refractivity contribution in [2.45, 2.75) is 18.9 Å². The molecule has 1 fully saturated rings. The van der Waals surface area contributed by atoms with Crippen molar-refractivity contribution in [2.75, 3.05) is 24.5 Å². The summed E-state index contributed by atoms with van der Waals surface area (Å²) < 4.78 is 0. The standard InChI is InChI=1S/C14H18N4O/c15-7-6-13-14(19)17-8-3-9-18(13)12-5-2-1-4-11(12)10-16/h1-2,4-5,13H,3,6-9,15H2,(H,17,19). The monoisotopic (exact) mass is 258 g/mol. The third kappa shape index (κ3) is 2.85. The molecule has 1 heterocycles. The highest BCUT2D eigenvalue weighted by Crippen LogP contribution is 2.24. The molecule has 19 heavy (non-hydrogen) atoms. The molecule has 1 unspecified atom stereocenters. The lowest BCUT2D eigenvalue weighted by Gasteiger charge is -2.30. The largest absolute Gasteiger partial charge is 0.358 e. The second-order valence-electron chi connectivity index (χ2n) is 4.56. The zero-order valence-electron chi connectivity index (χ0n) is 10.8. The number of para-hydroxylation sites is 1. The van der Waals surface area contributed by atoms with Gasteiger partial charge in [-0.15, -0.1) is 0 Å².